The summed E-state index contributed by atoms with van der Waals surface area (Å²) in [6.07, 6.45) is 1.70. The molecule has 0 N–H and O–H groups in total. The van der Waals surface area contributed by atoms with Crippen molar-refractivity contribution < 1.29 is 4.74 Å². The molecule has 4 heteroatoms. The fraction of sp³-hybridized carbons (Fsp3) is 0.167. The van der Waals surface area contributed by atoms with Gasteiger partial charge in [-0.15, -0.1) is 6.58 Å². The van der Waals surface area contributed by atoms with E-state index >= 15 is 0 Å². The molecule has 1 aromatic heterocycles. The third-order valence-electron chi connectivity index (χ3n) is 3.49. The standard InChI is InChI=1S/C18H17ClN2O/c1-3-12-21-17-7-5-4-6-16(17)20-18(21)13(2)22-15-10-8-14(19)9-11-15/h3-11,13H,1,12H2,2H3. The molecule has 3 aromatic rings. The van der Waals surface area contributed by atoms with Crippen molar-refractivity contribution in [1.29, 1.82) is 0 Å². The van der Waals surface area contributed by atoms with E-state index in [4.69, 9.17) is 21.3 Å². The molecule has 3 rings (SSSR count). The highest BCUT2D eigenvalue weighted by molar-refractivity contribution is 6.30. The first kappa shape index (κ1) is 14.7. The Morgan fingerprint density at radius 2 is 1.95 bits per heavy atom. The number of benzene rings is 2. The number of aromatic nitrogens is 2. The fourth-order valence-electron chi connectivity index (χ4n) is 2.50. The second kappa shape index (κ2) is 6.24. The van der Waals surface area contributed by atoms with Crippen molar-refractivity contribution in [1.82, 2.24) is 9.55 Å². The number of fused-ring (bicyclic) bond motifs is 1. The Bertz CT molecular complexity index is 792. The van der Waals surface area contributed by atoms with E-state index < -0.39 is 0 Å². The van der Waals surface area contributed by atoms with Crippen LogP contribution in [0.3, 0.4) is 0 Å². The van der Waals surface area contributed by atoms with Crippen molar-refractivity contribution in [3.63, 3.8) is 0 Å². The monoisotopic (exact) mass is 312 g/mol. The topological polar surface area (TPSA) is 27.1 Å². The summed E-state index contributed by atoms with van der Waals surface area (Å²) in [5.41, 5.74) is 2.05. The summed E-state index contributed by atoms with van der Waals surface area (Å²) in [5, 5.41) is 0.693. The minimum absolute atomic E-state index is 0.173. The largest absolute Gasteiger partial charge is 0.483 e. The van der Waals surface area contributed by atoms with Gasteiger partial charge in [0.15, 0.2) is 11.9 Å². The Balaban J connectivity index is 1.95. The van der Waals surface area contributed by atoms with Gasteiger partial charge in [0.25, 0.3) is 0 Å². The van der Waals surface area contributed by atoms with E-state index in [2.05, 4.69) is 17.2 Å². The van der Waals surface area contributed by atoms with Gasteiger partial charge in [-0.2, -0.15) is 0 Å². The second-order valence-corrected chi connectivity index (χ2v) is 5.51. The maximum absolute atomic E-state index is 6.00. The van der Waals surface area contributed by atoms with Gasteiger partial charge in [0, 0.05) is 11.6 Å². The molecule has 2 aromatic carbocycles. The van der Waals surface area contributed by atoms with Gasteiger partial charge in [-0.3, -0.25) is 0 Å². The summed E-state index contributed by atoms with van der Waals surface area (Å²) in [4.78, 5) is 4.71. The van der Waals surface area contributed by atoms with Crippen LogP contribution in [0.15, 0.2) is 61.2 Å². The zero-order valence-corrected chi connectivity index (χ0v) is 13.1. The van der Waals surface area contributed by atoms with Crippen LogP contribution in [0.4, 0.5) is 0 Å². The summed E-state index contributed by atoms with van der Waals surface area (Å²) < 4.78 is 8.12. The first-order valence-corrected chi connectivity index (χ1v) is 7.55. The predicted molar refractivity (Wildman–Crippen MR) is 90.4 cm³/mol. The van der Waals surface area contributed by atoms with Crippen LogP contribution < -0.4 is 4.74 Å². The zero-order valence-electron chi connectivity index (χ0n) is 12.4. The Labute approximate surface area is 134 Å². The second-order valence-electron chi connectivity index (χ2n) is 5.07. The lowest BCUT2D eigenvalue weighted by atomic mass is 10.3. The minimum Gasteiger partial charge on any atom is -0.483 e. The van der Waals surface area contributed by atoms with Gasteiger partial charge >= 0.3 is 0 Å². The van der Waals surface area contributed by atoms with Crippen LogP contribution in [-0.2, 0) is 6.54 Å². The molecule has 0 saturated heterocycles. The van der Waals surface area contributed by atoms with Gasteiger partial charge in [-0.1, -0.05) is 29.8 Å². The molecule has 0 radical (unpaired) electrons. The van der Waals surface area contributed by atoms with Crippen LogP contribution in [-0.4, -0.2) is 9.55 Å². The lowest BCUT2D eigenvalue weighted by Crippen LogP contribution is -2.11. The SMILES string of the molecule is C=CCn1c(C(C)Oc2ccc(Cl)cc2)nc2ccccc21. The van der Waals surface area contributed by atoms with Crippen molar-refractivity contribution in [2.24, 2.45) is 0 Å². The quantitative estimate of drug-likeness (QED) is 0.619. The first-order chi connectivity index (χ1) is 10.7. The Morgan fingerprint density at radius 1 is 1.23 bits per heavy atom. The van der Waals surface area contributed by atoms with E-state index in [1.54, 1.807) is 0 Å². The van der Waals surface area contributed by atoms with Crippen LogP contribution in [0.1, 0.15) is 18.9 Å². The molecule has 0 aliphatic rings. The number of imidazole rings is 1. The molecule has 0 spiro atoms. The van der Waals surface area contributed by atoms with Crippen molar-refractivity contribution in [2.75, 3.05) is 0 Å². The fourth-order valence-corrected chi connectivity index (χ4v) is 2.62. The molecule has 3 nitrogen and oxygen atoms in total. The molecule has 0 aliphatic heterocycles. The van der Waals surface area contributed by atoms with Crippen LogP contribution in [0.25, 0.3) is 11.0 Å². The van der Waals surface area contributed by atoms with Crippen molar-refractivity contribution >= 4 is 22.6 Å². The Kier molecular flexibility index (Phi) is 4.16. The molecule has 1 heterocycles. The van der Waals surface area contributed by atoms with E-state index in [9.17, 15) is 0 Å². The van der Waals surface area contributed by atoms with Crippen LogP contribution in [0, 0.1) is 0 Å². The molecule has 0 aliphatic carbocycles. The van der Waals surface area contributed by atoms with Crippen LogP contribution in [0.2, 0.25) is 5.02 Å². The van der Waals surface area contributed by atoms with Crippen molar-refractivity contribution in [2.45, 2.75) is 19.6 Å². The van der Waals surface area contributed by atoms with E-state index in [0.29, 0.717) is 11.6 Å². The molecule has 1 atom stereocenters. The number of para-hydroxylation sites is 2. The summed E-state index contributed by atoms with van der Waals surface area (Å²) in [6, 6.07) is 15.4. The highest BCUT2D eigenvalue weighted by atomic mass is 35.5. The molecule has 0 bridgehead atoms. The number of allylic oxidation sites excluding steroid dienone is 1. The average molecular weight is 313 g/mol. The normalized spacial score (nSPS) is 12.3. The molecule has 0 fully saturated rings. The minimum atomic E-state index is -0.173. The Hall–Kier alpha value is -2.26. The summed E-state index contributed by atoms with van der Waals surface area (Å²) in [7, 11) is 0. The molecule has 22 heavy (non-hydrogen) atoms. The smallest absolute Gasteiger partial charge is 0.153 e. The molecule has 1 unspecified atom stereocenters. The van der Waals surface area contributed by atoms with Gasteiger partial charge < -0.3 is 9.30 Å². The number of hydrogen-bond donors (Lipinski definition) is 0. The van der Waals surface area contributed by atoms with Crippen molar-refractivity contribution in [3.8, 4) is 5.75 Å². The van der Waals surface area contributed by atoms with E-state index in [1.165, 1.54) is 0 Å². The first-order valence-electron chi connectivity index (χ1n) is 7.17. The molecule has 0 saturated carbocycles. The summed E-state index contributed by atoms with van der Waals surface area (Å²) in [6.45, 7) is 6.53. The van der Waals surface area contributed by atoms with Gasteiger partial charge in [0.1, 0.15) is 5.75 Å². The number of halogens is 1. The van der Waals surface area contributed by atoms with Crippen LogP contribution >= 0.6 is 11.6 Å². The number of hydrogen-bond acceptors (Lipinski definition) is 2. The van der Waals surface area contributed by atoms with Crippen molar-refractivity contribution in [3.05, 3.63) is 72.0 Å². The third-order valence-corrected chi connectivity index (χ3v) is 3.74. The molecular weight excluding hydrogens is 296 g/mol. The lowest BCUT2D eigenvalue weighted by molar-refractivity contribution is 0.212. The van der Waals surface area contributed by atoms with E-state index in [1.807, 2.05) is 55.5 Å². The highest BCUT2D eigenvalue weighted by Crippen LogP contribution is 2.26. The van der Waals surface area contributed by atoms with Gasteiger partial charge in [0.2, 0.25) is 0 Å². The van der Waals surface area contributed by atoms with Gasteiger partial charge in [-0.25, -0.2) is 4.98 Å². The Morgan fingerprint density at radius 3 is 2.68 bits per heavy atom. The van der Waals surface area contributed by atoms with E-state index in [0.717, 1.165) is 22.6 Å². The number of nitrogens with zero attached hydrogens (tertiary/aromatic N) is 2. The van der Waals surface area contributed by atoms with Crippen LogP contribution in [0.5, 0.6) is 5.75 Å². The summed E-state index contributed by atoms with van der Waals surface area (Å²) in [5.74, 6) is 1.66. The number of ether oxygens (including phenoxy) is 1. The third kappa shape index (κ3) is 2.85. The predicted octanol–water partition coefficient (Wildman–Crippen LogP) is 5.02. The number of rotatable bonds is 5. The van der Waals surface area contributed by atoms with Gasteiger partial charge in [-0.05, 0) is 43.3 Å². The van der Waals surface area contributed by atoms with Gasteiger partial charge in [0.05, 0.1) is 11.0 Å². The molecule has 112 valence electrons. The highest BCUT2D eigenvalue weighted by Gasteiger charge is 2.17. The molecule has 0 amide bonds. The lowest BCUT2D eigenvalue weighted by Gasteiger charge is -2.16. The maximum Gasteiger partial charge on any atom is 0.153 e. The molecular formula is C18H17ClN2O. The average Bonchev–Trinajstić information content (AvgIpc) is 2.89. The van der Waals surface area contributed by atoms with E-state index in [-0.39, 0.29) is 6.10 Å². The summed E-state index contributed by atoms with van der Waals surface area (Å²) >= 11 is 5.90. The maximum atomic E-state index is 6.00. The zero-order chi connectivity index (χ0) is 15.5.